The summed E-state index contributed by atoms with van der Waals surface area (Å²) in [6, 6.07) is 7.27. The third-order valence-corrected chi connectivity index (χ3v) is 8.87. The summed E-state index contributed by atoms with van der Waals surface area (Å²) in [5, 5.41) is 14.8. The number of carbonyl (C=O) groups is 1. The topological polar surface area (TPSA) is 87.6 Å². The summed E-state index contributed by atoms with van der Waals surface area (Å²) >= 11 is 0. The first-order chi connectivity index (χ1) is 16.5. The normalized spacial score (nSPS) is 30.1. The number of hydrogen-bond acceptors (Lipinski definition) is 6. The van der Waals surface area contributed by atoms with Gasteiger partial charge in [0, 0.05) is 24.2 Å². The summed E-state index contributed by atoms with van der Waals surface area (Å²) in [6.45, 7) is 1.60. The molecule has 1 aromatic heterocycles. The van der Waals surface area contributed by atoms with Crippen molar-refractivity contribution in [1.82, 2.24) is 14.9 Å². The molecule has 4 aliphatic carbocycles. The number of aliphatic hydroxyl groups is 1. The average molecular weight is 463 g/mol. The fraction of sp³-hybridized carbons (Fsp3) is 0.593. The van der Waals surface area contributed by atoms with Gasteiger partial charge in [0.25, 0.3) is 5.91 Å². The SMILES string of the molecule is COc1cccc(C(=O)N2CCc3c(ncnc3NCC(O)C34CC5CC(CC(C5)C3)C4)C2)c1. The molecule has 1 aliphatic heterocycles. The molecule has 7 heteroatoms. The molecule has 4 fully saturated rings. The van der Waals surface area contributed by atoms with Gasteiger partial charge in [-0.05, 0) is 86.3 Å². The second-order valence-electron chi connectivity index (χ2n) is 11.0. The maximum atomic E-state index is 13.1. The largest absolute Gasteiger partial charge is 0.497 e. The van der Waals surface area contributed by atoms with Crippen molar-refractivity contribution in [3.05, 3.63) is 47.4 Å². The summed E-state index contributed by atoms with van der Waals surface area (Å²) in [5.74, 6) is 3.93. The number of ether oxygens (including phenoxy) is 1. The number of hydrogen-bond donors (Lipinski definition) is 2. The Balaban J connectivity index is 1.13. The van der Waals surface area contributed by atoms with E-state index in [1.165, 1.54) is 38.5 Å². The van der Waals surface area contributed by atoms with Crippen LogP contribution in [-0.4, -0.2) is 52.2 Å². The lowest BCUT2D eigenvalue weighted by Gasteiger charge is -2.58. The van der Waals surface area contributed by atoms with Crippen molar-refractivity contribution in [2.45, 2.75) is 57.6 Å². The fourth-order valence-electron chi connectivity index (χ4n) is 7.61. The highest BCUT2D eigenvalue weighted by atomic mass is 16.5. The molecule has 4 saturated carbocycles. The molecule has 180 valence electrons. The summed E-state index contributed by atoms with van der Waals surface area (Å²) in [5.41, 5.74) is 2.66. The Kier molecular flexibility index (Phi) is 5.47. The van der Waals surface area contributed by atoms with Gasteiger partial charge < -0.3 is 20.1 Å². The number of amides is 1. The minimum Gasteiger partial charge on any atom is -0.497 e. The van der Waals surface area contributed by atoms with Crippen LogP contribution in [0.5, 0.6) is 5.75 Å². The lowest BCUT2D eigenvalue weighted by Crippen LogP contribution is -2.53. The minimum absolute atomic E-state index is 0.0186. The zero-order valence-electron chi connectivity index (χ0n) is 19.9. The second kappa shape index (κ2) is 8.52. The van der Waals surface area contributed by atoms with Gasteiger partial charge in [-0.1, -0.05) is 6.07 Å². The molecule has 1 amide bonds. The van der Waals surface area contributed by atoms with Crippen LogP contribution in [0.4, 0.5) is 5.82 Å². The molecular weight excluding hydrogens is 428 g/mol. The van der Waals surface area contributed by atoms with Crippen LogP contribution in [0.25, 0.3) is 0 Å². The highest BCUT2D eigenvalue weighted by Crippen LogP contribution is 2.61. The van der Waals surface area contributed by atoms with Gasteiger partial charge in [-0.3, -0.25) is 4.79 Å². The first kappa shape index (κ1) is 21.8. The van der Waals surface area contributed by atoms with Gasteiger partial charge in [-0.2, -0.15) is 0 Å². The summed E-state index contributed by atoms with van der Waals surface area (Å²) in [4.78, 5) is 23.9. The van der Waals surface area contributed by atoms with E-state index in [-0.39, 0.29) is 17.4 Å². The van der Waals surface area contributed by atoms with Crippen LogP contribution in [-0.2, 0) is 13.0 Å². The van der Waals surface area contributed by atoms with Crippen molar-refractivity contribution in [3.8, 4) is 5.75 Å². The number of carbonyl (C=O) groups excluding carboxylic acids is 1. The molecule has 2 N–H and O–H groups in total. The van der Waals surface area contributed by atoms with E-state index in [1.807, 2.05) is 23.1 Å². The van der Waals surface area contributed by atoms with E-state index in [9.17, 15) is 9.90 Å². The van der Waals surface area contributed by atoms with E-state index >= 15 is 0 Å². The highest BCUT2D eigenvalue weighted by Gasteiger charge is 2.53. The third-order valence-electron chi connectivity index (χ3n) is 8.87. The molecule has 1 unspecified atom stereocenters. The number of rotatable bonds is 6. The smallest absolute Gasteiger partial charge is 0.254 e. The Morgan fingerprint density at radius 2 is 1.94 bits per heavy atom. The maximum absolute atomic E-state index is 13.1. The number of benzene rings is 1. The number of aromatic nitrogens is 2. The Hall–Kier alpha value is -2.67. The lowest BCUT2D eigenvalue weighted by atomic mass is 9.48. The quantitative estimate of drug-likeness (QED) is 0.681. The Labute approximate surface area is 200 Å². The zero-order chi connectivity index (χ0) is 23.3. The molecule has 34 heavy (non-hydrogen) atoms. The van der Waals surface area contributed by atoms with Crippen molar-refractivity contribution < 1.29 is 14.6 Å². The van der Waals surface area contributed by atoms with Crippen LogP contribution in [0.15, 0.2) is 30.6 Å². The molecule has 2 aromatic rings. The minimum atomic E-state index is -0.346. The standard InChI is InChI=1S/C27H34N4O3/c1-34-21-4-2-3-20(10-21)26(33)31-6-5-22-23(15-31)29-16-30-25(22)28-14-24(32)27-11-17-7-18(12-27)9-19(8-17)13-27/h2-4,10,16-19,24,32H,5-9,11-15H2,1H3,(H,28,29,30). The van der Waals surface area contributed by atoms with Crippen LogP contribution in [0, 0.1) is 23.2 Å². The van der Waals surface area contributed by atoms with Gasteiger partial charge >= 0.3 is 0 Å². The molecule has 0 saturated heterocycles. The number of methoxy groups -OCH3 is 1. The first-order valence-corrected chi connectivity index (χ1v) is 12.7. The van der Waals surface area contributed by atoms with Crippen LogP contribution >= 0.6 is 0 Å². The molecule has 2 heterocycles. The average Bonchev–Trinajstić information content (AvgIpc) is 2.85. The molecule has 4 bridgehead atoms. The van der Waals surface area contributed by atoms with Crippen LogP contribution in [0.1, 0.15) is 60.1 Å². The molecule has 1 atom stereocenters. The molecule has 5 aliphatic rings. The zero-order valence-corrected chi connectivity index (χ0v) is 19.9. The summed E-state index contributed by atoms with van der Waals surface area (Å²) < 4.78 is 5.27. The third kappa shape index (κ3) is 3.84. The Bertz CT molecular complexity index is 1050. The predicted molar refractivity (Wildman–Crippen MR) is 129 cm³/mol. The van der Waals surface area contributed by atoms with Gasteiger partial charge in [-0.25, -0.2) is 9.97 Å². The number of nitrogens with zero attached hydrogens (tertiary/aromatic N) is 3. The molecule has 0 radical (unpaired) electrons. The second-order valence-corrected chi connectivity index (χ2v) is 11.0. The number of nitrogens with one attached hydrogen (secondary N) is 1. The number of aliphatic hydroxyl groups excluding tert-OH is 1. The fourth-order valence-corrected chi connectivity index (χ4v) is 7.61. The molecular formula is C27H34N4O3. The van der Waals surface area contributed by atoms with Crippen LogP contribution < -0.4 is 10.1 Å². The van der Waals surface area contributed by atoms with Crippen molar-refractivity contribution >= 4 is 11.7 Å². The van der Waals surface area contributed by atoms with Gasteiger partial charge in [0.1, 0.15) is 17.9 Å². The van der Waals surface area contributed by atoms with Gasteiger partial charge in [0.2, 0.25) is 0 Å². The molecule has 7 rings (SSSR count). The Morgan fingerprint density at radius 3 is 2.65 bits per heavy atom. The molecule has 0 spiro atoms. The molecule has 7 nitrogen and oxygen atoms in total. The first-order valence-electron chi connectivity index (χ1n) is 12.7. The predicted octanol–water partition coefficient (Wildman–Crippen LogP) is 3.67. The Morgan fingerprint density at radius 1 is 1.21 bits per heavy atom. The van der Waals surface area contributed by atoms with E-state index in [2.05, 4.69) is 15.3 Å². The number of fused-ring (bicyclic) bond motifs is 1. The maximum Gasteiger partial charge on any atom is 0.254 e. The van der Waals surface area contributed by atoms with E-state index in [0.717, 1.165) is 34.8 Å². The number of anilines is 1. The van der Waals surface area contributed by atoms with E-state index in [1.54, 1.807) is 19.5 Å². The van der Waals surface area contributed by atoms with Crippen LogP contribution in [0.3, 0.4) is 0 Å². The van der Waals surface area contributed by atoms with E-state index in [4.69, 9.17) is 4.74 Å². The van der Waals surface area contributed by atoms with Crippen molar-refractivity contribution in [2.75, 3.05) is 25.5 Å². The van der Waals surface area contributed by atoms with Crippen molar-refractivity contribution in [2.24, 2.45) is 23.2 Å². The van der Waals surface area contributed by atoms with Gasteiger partial charge in [-0.15, -0.1) is 0 Å². The van der Waals surface area contributed by atoms with E-state index < -0.39 is 0 Å². The molecule has 1 aromatic carbocycles. The summed E-state index contributed by atoms with van der Waals surface area (Å²) in [7, 11) is 1.60. The van der Waals surface area contributed by atoms with Gasteiger partial charge in [0.15, 0.2) is 0 Å². The van der Waals surface area contributed by atoms with Crippen molar-refractivity contribution in [1.29, 1.82) is 0 Å². The monoisotopic (exact) mass is 462 g/mol. The van der Waals surface area contributed by atoms with Crippen LogP contribution in [0.2, 0.25) is 0 Å². The van der Waals surface area contributed by atoms with Gasteiger partial charge in [0.05, 0.1) is 25.5 Å². The lowest BCUT2D eigenvalue weighted by molar-refractivity contribution is -0.115. The van der Waals surface area contributed by atoms with Crippen molar-refractivity contribution in [3.63, 3.8) is 0 Å². The highest BCUT2D eigenvalue weighted by molar-refractivity contribution is 5.94. The summed E-state index contributed by atoms with van der Waals surface area (Å²) in [6.07, 6.45) is 9.61. The van der Waals surface area contributed by atoms with E-state index in [0.29, 0.717) is 37.4 Å².